The van der Waals surface area contributed by atoms with Gasteiger partial charge in [0.2, 0.25) is 0 Å². The molecule has 0 radical (unpaired) electrons. The van der Waals surface area contributed by atoms with Crippen LogP contribution >= 0.6 is 0 Å². The molecule has 0 spiro atoms. The SMILES string of the molecule is COC(OOC(=O)c1ccccc1)(c1ccccc1)C(O)CO. The maximum absolute atomic E-state index is 12.0. The Hall–Kier alpha value is -2.25. The normalized spacial score (nSPS) is 14.7. The van der Waals surface area contributed by atoms with Gasteiger partial charge in [-0.15, -0.1) is 4.89 Å². The molecule has 2 unspecified atom stereocenters. The Labute approximate surface area is 133 Å². The molecule has 2 N–H and O–H groups in total. The van der Waals surface area contributed by atoms with Gasteiger partial charge in [0.25, 0.3) is 5.79 Å². The molecule has 2 aromatic carbocycles. The fourth-order valence-electron chi connectivity index (χ4n) is 2.10. The molecule has 0 bridgehead atoms. The predicted octanol–water partition coefficient (Wildman–Crippen LogP) is 1.63. The van der Waals surface area contributed by atoms with Gasteiger partial charge in [-0.25, -0.2) is 4.79 Å². The first-order valence-corrected chi connectivity index (χ1v) is 6.98. The number of carbonyl (C=O) groups excluding carboxylic acids is 1. The number of ether oxygens (including phenoxy) is 1. The van der Waals surface area contributed by atoms with E-state index in [0.717, 1.165) is 0 Å². The molecule has 0 fully saturated rings. The van der Waals surface area contributed by atoms with Gasteiger partial charge in [-0.3, -0.25) is 4.89 Å². The number of benzene rings is 2. The largest absolute Gasteiger partial charge is 0.393 e. The zero-order valence-electron chi connectivity index (χ0n) is 12.6. The third-order valence-corrected chi connectivity index (χ3v) is 3.34. The maximum Gasteiger partial charge on any atom is 0.373 e. The van der Waals surface area contributed by atoms with Gasteiger partial charge in [0, 0.05) is 12.7 Å². The summed E-state index contributed by atoms with van der Waals surface area (Å²) in [5.41, 5.74) is 0.675. The van der Waals surface area contributed by atoms with Gasteiger partial charge >= 0.3 is 5.97 Å². The van der Waals surface area contributed by atoms with Crippen molar-refractivity contribution in [3.63, 3.8) is 0 Å². The Morgan fingerprint density at radius 3 is 2.17 bits per heavy atom. The van der Waals surface area contributed by atoms with Crippen LogP contribution in [0.3, 0.4) is 0 Å². The molecule has 6 nitrogen and oxygen atoms in total. The Morgan fingerprint density at radius 2 is 1.65 bits per heavy atom. The molecule has 0 aromatic heterocycles. The average molecular weight is 318 g/mol. The summed E-state index contributed by atoms with van der Waals surface area (Å²) < 4.78 is 5.25. The Kier molecular flexibility index (Phi) is 5.84. The number of hydrogen-bond acceptors (Lipinski definition) is 6. The smallest absolute Gasteiger partial charge is 0.373 e. The maximum atomic E-state index is 12.0. The zero-order chi connectivity index (χ0) is 16.7. The third kappa shape index (κ3) is 3.75. The minimum atomic E-state index is -1.83. The Balaban J connectivity index is 2.23. The molecule has 0 amide bonds. The highest BCUT2D eigenvalue weighted by molar-refractivity contribution is 5.88. The average Bonchev–Trinajstić information content (AvgIpc) is 2.63. The van der Waals surface area contributed by atoms with Crippen LogP contribution in [-0.2, 0) is 20.3 Å². The molecule has 2 aromatic rings. The molecule has 23 heavy (non-hydrogen) atoms. The molecule has 2 rings (SSSR count). The molecule has 0 heterocycles. The molecule has 0 aliphatic heterocycles. The molecule has 122 valence electrons. The van der Waals surface area contributed by atoms with E-state index in [1.807, 2.05) is 0 Å². The summed E-state index contributed by atoms with van der Waals surface area (Å²) in [6.45, 7) is -0.647. The highest BCUT2D eigenvalue weighted by Crippen LogP contribution is 2.31. The molecule has 0 saturated heterocycles. The predicted molar refractivity (Wildman–Crippen MR) is 81.2 cm³/mol. The number of carbonyl (C=O) groups is 1. The molecular weight excluding hydrogens is 300 g/mol. The second-order valence-electron chi connectivity index (χ2n) is 4.76. The van der Waals surface area contributed by atoms with E-state index in [1.54, 1.807) is 60.7 Å². The molecular formula is C17H18O6. The van der Waals surface area contributed by atoms with E-state index < -0.39 is 24.5 Å². The van der Waals surface area contributed by atoms with Crippen molar-refractivity contribution in [1.82, 2.24) is 0 Å². The van der Waals surface area contributed by atoms with Crippen LogP contribution in [0.5, 0.6) is 0 Å². The number of methoxy groups -OCH3 is 1. The summed E-state index contributed by atoms with van der Waals surface area (Å²) >= 11 is 0. The number of hydrogen-bond donors (Lipinski definition) is 2. The van der Waals surface area contributed by atoms with Crippen molar-refractivity contribution in [2.75, 3.05) is 13.7 Å². The van der Waals surface area contributed by atoms with Gasteiger partial charge < -0.3 is 14.9 Å². The number of rotatable bonds is 7. The van der Waals surface area contributed by atoms with Crippen LogP contribution < -0.4 is 0 Å². The lowest BCUT2D eigenvalue weighted by Crippen LogP contribution is -2.46. The van der Waals surface area contributed by atoms with Gasteiger partial charge in [-0.2, -0.15) is 0 Å². The molecule has 0 saturated carbocycles. The van der Waals surface area contributed by atoms with Gasteiger partial charge in [-0.1, -0.05) is 48.5 Å². The second kappa shape index (κ2) is 7.85. The number of aliphatic hydroxyl groups is 2. The minimum Gasteiger partial charge on any atom is -0.393 e. The molecule has 6 heteroatoms. The van der Waals surface area contributed by atoms with Crippen LogP contribution in [0, 0.1) is 0 Å². The van der Waals surface area contributed by atoms with Gasteiger partial charge in [-0.05, 0) is 12.1 Å². The van der Waals surface area contributed by atoms with E-state index in [0.29, 0.717) is 5.56 Å². The van der Waals surface area contributed by atoms with Gasteiger partial charge in [0.05, 0.1) is 12.2 Å². The van der Waals surface area contributed by atoms with E-state index >= 15 is 0 Å². The monoisotopic (exact) mass is 318 g/mol. The first kappa shape index (κ1) is 17.1. The molecule has 0 aliphatic carbocycles. The summed E-state index contributed by atoms with van der Waals surface area (Å²) in [7, 11) is 1.28. The minimum absolute atomic E-state index is 0.282. The van der Waals surface area contributed by atoms with Crippen LogP contribution in [0.4, 0.5) is 0 Å². The van der Waals surface area contributed by atoms with Crippen molar-refractivity contribution in [2.24, 2.45) is 0 Å². The fourth-order valence-corrected chi connectivity index (χ4v) is 2.10. The Morgan fingerprint density at radius 1 is 1.09 bits per heavy atom. The summed E-state index contributed by atoms with van der Waals surface area (Å²) in [6, 6.07) is 16.7. The van der Waals surface area contributed by atoms with Crippen molar-refractivity contribution < 1.29 is 29.5 Å². The van der Waals surface area contributed by atoms with Crippen LogP contribution in [0.2, 0.25) is 0 Å². The highest BCUT2D eigenvalue weighted by Gasteiger charge is 2.44. The quantitative estimate of drug-likeness (QED) is 0.458. The summed E-state index contributed by atoms with van der Waals surface area (Å²) in [6.07, 6.45) is -1.46. The lowest BCUT2D eigenvalue weighted by atomic mass is 10.0. The third-order valence-electron chi connectivity index (χ3n) is 3.34. The standard InChI is InChI=1S/C17H18O6/c1-21-17(15(19)12-18,14-10-6-3-7-11-14)23-22-16(20)13-8-4-2-5-9-13/h2-11,15,18-19H,12H2,1H3. The summed E-state index contributed by atoms with van der Waals surface area (Å²) in [5, 5.41) is 19.4. The Bertz CT molecular complexity index is 615. The van der Waals surface area contributed by atoms with E-state index in [4.69, 9.17) is 14.5 Å². The van der Waals surface area contributed by atoms with Crippen molar-refractivity contribution in [1.29, 1.82) is 0 Å². The first-order valence-electron chi connectivity index (χ1n) is 6.98. The topological polar surface area (TPSA) is 85.2 Å². The van der Waals surface area contributed by atoms with Crippen molar-refractivity contribution in [3.05, 3.63) is 71.8 Å². The van der Waals surface area contributed by atoms with Crippen LogP contribution in [-0.4, -0.2) is 36.0 Å². The van der Waals surface area contributed by atoms with Crippen LogP contribution in [0.25, 0.3) is 0 Å². The van der Waals surface area contributed by atoms with E-state index in [-0.39, 0.29) is 5.56 Å². The highest BCUT2D eigenvalue weighted by atomic mass is 17.2. The summed E-state index contributed by atoms with van der Waals surface area (Å²) in [5.74, 6) is -2.58. The lowest BCUT2D eigenvalue weighted by molar-refractivity contribution is -0.425. The number of aliphatic hydroxyl groups excluding tert-OH is 2. The van der Waals surface area contributed by atoms with Gasteiger partial charge in [0.1, 0.15) is 6.10 Å². The fraction of sp³-hybridized carbons (Fsp3) is 0.235. The molecule has 2 atom stereocenters. The lowest BCUT2D eigenvalue weighted by Gasteiger charge is -2.33. The van der Waals surface area contributed by atoms with Crippen LogP contribution in [0.15, 0.2) is 60.7 Å². The molecule has 0 aliphatic rings. The first-order chi connectivity index (χ1) is 11.1. The van der Waals surface area contributed by atoms with E-state index in [2.05, 4.69) is 0 Å². The summed E-state index contributed by atoms with van der Waals surface area (Å²) in [4.78, 5) is 22.0. The van der Waals surface area contributed by atoms with E-state index in [1.165, 1.54) is 7.11 Å². The van der Waals surface area contributed by atoms with Crippen molar-refractivity contribution in [2.45, 2.75) is 11.9 Å². The van der Waals surface area contributed by atoms with E-state index in [9.17, 15) is 15.0 Å². The van der Waals surface area contributed by atoms with Crippen molar-refractivity contribution in [3.8, 4) is 0 Å². The van der Waals surface area contributed by atoms with Crippen LogP contribution in [0.1, 0.15) is 15.9 Å². The van der Waals surface area contributed by atoms with Gasteiger partial charge in [0.15, 0.2) is 0 Å². The van der Waals surface area contributed by atoms with Crippen molar-refractivity contribution >= 4 is 5.97 Å². The second-order valence-corrected chi connectivity index (χ2v) is 4.76. The zero-order valence-corrected chi connectivity index (χ0v) is 12.6.